The van der Waals surface area contributed by atoms with Crippen molar-refractivity contribution in [2.75, 3.05) is 19.8 Å². The Hall–Kier alpha value is -1.22. The second-order valence-corrected chi connectivity index (χ2v) is 5.60. The van der Waals surface area contributed by atoms with E-state index in [0.717, 1.165) is 37.6 Å². The van der Waals surface area contributed by atoms with Crippen LogP contribution >= 0.6 is 0 Å². The Bertz CT molecular complexity index is 393. The van der Waals surface area contributed by atoms with Gasteiger partial charge in [-0.1, -0.05) is 33.3 Å². The van der Waals surface area contributed by atoms with Crippen LogP contribution in [-0.4, -0.2) is 19.8 Å². The van der Waals surface area contributed by atoms with Crippen LogP contribution in [0.4, 0.5) is 0 Å². The van der Waals surface area contributed by atoms with Crippen molar-refractivity contribution in [1.82, 2.24) is 5.32 Å². The normalized spacial score (nSPS) is 12.2. The number of nitrogens with one attached hydrogen (secondary N) is 1. The molecule has 1 unspecified atom stereocenters. The van der Waals surface area contributed by atoms with Crippen molar-refractivity contribution >= 4 is 0 Å². The van der Waals surface area contributed by atoms with Crippen LogP contribution in [0.5, 0.6) is 11.5 Å². The first kappa shape index (κ1) is 17.8. The van der Waals surface area contributed by atoms with Gasteiger partial charge in [-0.25, -0.2) is 0 Å². The van der Waals surface area contributed by atoms with Crippen molar-refractivity contribution in [3.63, 3.8) is 0 Å². The average molecular weight is 293 g/mol. The van der Waals surface area contributed by atoms with Crippen molar-refractivity contribution in [1.29, 1.82) is 0 Å². The summed E-state index contributed by atoms with van der Waals surface area (Å²) in [5.41, 5.74) is 1.24. The van der Waals surface area contributed by atoms with Gasteiger partial charge in [0.2, 0.25) is 0 Å². The summed E-state index contributed by atoms with van der Waals surface area (Å²) in [6.07, 6.45) is 3.54. The lowest BCUT2D eigenvalue weighted by molar-refractivity contribution is 0.234. The highest BCUT2D eigenvalue weighted by molar-refractivity contribution is 5.43. The topological polar surface area (TPSA) is 30.5 Å². The second-order valence-electron chi connectivity index (χ2n) is 5.60. The minimum atomic E-state index is 0.579. The molecular weight excluding hydrogens is 262 g/mol. The summed E-state index contributed by atoms with van der Waals surface area (Å²) in [6.45, 7) is 11.9. The van der Waals surface area contributed by atoms with E-state index in [1.54, 1.807) is 0 Å². The van der Waals surface area contributed by atoms with Gasteiger partial charge in [0, 0.05) is 6.54 Å². The molecule has 3 nitrogen and oxygen atoms in total. The Morgan fingerprint density at radius 3 is 2.52 bits per heavy atom. The Labute approximate surface area is 130 Å². The van der Waals surface area contributed by atoms with Gasteiger partial charge in [0.1, 0.15) is 0 Å². The maximum Gasteiger partial charge on any atom is 0.161 e. The maximum atomic E-state index is 5.94. The van der Waals surface area contributed by atoms with Gasteiger partial charge in [-0.15, -0.1) is 0 Å². The molecule has 0 aromatic heterocycles. The fourth-order valence-corrected chi connectivity index (χ4v) is 2.27. The molecule has 0 radical (unpaired) electrons. The standard InChI is InChI=1S/C18H31NO2/c1-5-8-15(4)14-21-17-10-9-16(13-19-11-6-2)12-18(17)20-7-3/h9-10,12,15,19H,5-8,11,13-14H2,1-4H3. The molecule has 1 aromatic carbocycles. The molecule has 0 aliphatic carbocycles. The summed E-state index contributed by atoms with van der Waals surface area (Å²) >= 11 is 0. The molecule has 0 saturated carbocycles. The lowest BCUT2D eigenvalue weighted by atomic mass is 10.1. The van der Waals surface area contributed by atoms with E-state index in [9.17, 15) is 0 Å². The van der Waals surface area contributed by atoms with E-state index in [2.05, 4.69) is 38.2 Å². The van der Waals surface area contributed by atoms with Gasteiger partial charge in [0.05, 0.1) is 13.2 Å². The molecule has 1 atom stereocenters. The fourth-order valence-electron chi connectivity index (χ4n) is 2.27. The minimum absolute atomic E-state index is 0.579. The van der Waals surface area contributed by atoms with E-state index in [-0.39, 0.29) is 0 Å². The monoisotopic (exact) mass is 293 g/mol. The largest absolute Gasteiger partial charge is 0.490 e. The van der Waals surface area contributed by atoms with Crippen LogP contribution in [0.3, 0.4) is 0 Å². The number of rotatable bonds is 11. The number of hydrogen-bond donors (Lipinski definition) is 1. The molecule has 0 heterocycles. The lowest BCUT2D eigenvalue weighted by Crippen LogP contribution is -2.14. The molecule has 0 bridgehead atoms. The first-order chi connectivity index (χ1) is 10.2. The molecule has 1 aromatic rings. The van der Waals surface area contributed by atoms with Gasteiger partial charge in [0.25, 0.3) is 0 Å². The van der Waals surface area contributed by atoms with Gasteiger partial charge >= 0.3 is 0 Å². The molecule has 1 N–H and O–H groups in total. The molecule has 21 heavy (non-hydrogen) atoms. The number of benzene rings is 1. The smallest absolute Gasteiger partial charge is 0.161 e. The van der Waals surface area contributed by atoms with Crippen LogP contribution in [0, 0.1) is 5.92 Å². The summed E-state index contributed by atoms with van der Waals surface area (Å²) in [7, 11) is 0. The zero-order valence-corrected chi connectivity index (χ0v) is 14.1. The van der Waals surface area contributed by atoms with E-state index in [4.69, 9.17) is 9.47 Å². The number of hydrogen-bond acceptors (Lipinski definition) is 3. The predicted molar refractivity (Wildman–Crippen MR) is 89.2 cm³/mol. The molecule has 0 saturated heterocycles. The van der Waals surface area contributed by atoms with E-state index < -0.39 is 0 Å². The first-order valence-electron chi connectivity index (χ1n) is 8.30. The molecular formula is C18H31NO2. The average Bonchev–Trinajstić information content (AvgIpc) is 2.47. The summed E-state index contributed by atoms with van der Waals surface area (Å²) in [5.74, 6) is 2.30. The van der Waals surface area contributed by atoms with Crippen molar-refractivity contribution in [3.05, 3.63) is 23.8 Å². The molecule has 0 fully saturated rings. The van der Waals surface area contributed by atoms with Gasteiger partial charge < -0.3 is 14.8 Å². The minimum Gasteiger partial charge on any atom is -0.490 e. The molecule has 3 heteroatoms. The predicted octanol–water partition coefficient (Wildman–Crippen LogP) is 4.40. The molecule has 1 rings (SSSR count). The van der Waals surface area contributed by atoms with Crippen LogP contribution in [-0.2, 0) is 6.54 Å². The first-order valence-corrected chi connectivity index (χ1v) is 8.30. The van der Waals surface area contributed by atoms with E-state index in [0.29, 0.717) is 12.5 Å². The van der Waals surface area contributed by atoms with Crippen LogP contribution in [0.2, 0.25) is 0 Å². The summed E-state index contributed by atoms with van der Waals surface area (Å²) < 4.78 is 11.7. The third-order valence-electron chi connectivity index (χ3n) is 3.37. The quantitative estimate of drug-likeness (QED) is 0.613. The van der Waals surface area contributed by atoms with Crippen molar-refractivity contribution in [3.8, 4) is 11.5 Å². The van der Waals surface area contributed by atoms with Gasteiger partial charge in [-0.05, 0) is 49.9 Å². The van der Waals surface area contributed by atoms with Crippen LogP contribution in [0.25, 0.3) is 0 Å². The third kappa shape index (κ3) is 6.85. The van der Waals surface area contributed by atoms with Gasteiger partial charge in [0.15, 0.2) is 11.5 Å². The van der Waals surface area contributed by atoms with E-state index >= 15 is 0 Å². The Balaban J connectivity index is 2.65. The number of ether oxygens (including phenoxy) is 2. The fraction of sp³-hybridized carbons (Fsp3) is 0.667. The third-order valence-corrected chi connectivity index (χ3v) is 3.37. The van der Waals surface area contributed by atoms with E-state index in [1.165, 1.54) is 18.4 Å². The highest BCUT2D eigenvalue weighted by atomic mass is 16.5. The second kappa shape index (κ2) is 10.5. The van der Waals surface area contributed by atoms with Crippen molar-refractivity contribution < 1.29 is 9.47 Å². The summed E-state index contributed by atoms with van der Waals surface area (Å²) in [6, 6.07) is 6.24. The maximum absolute atomic E-state index is 5.94. The van der Waals surface area contributed by atoms with Crippen LogP contribution in [0.1, 0.15) is 52.5 Å². The highest BCUT2D eigenvalue weighted by Gasteiger charge is 2.08. The molecule has 0 spiro atoms. The Morgan fingerprint density at radius 2 is 1.86 bits per heavy atom. The summed E-state index contributed by atoms with van der Waals surface area (Å²) in [5, 5.41) is 3.41. The highest BCUT2D eigenvalue weighted by Crippen LogP contribution is 2.29. The lowest BCUT2D eigenvalue weighted by Gasteiger charge is -2.16. The zero-order chi connectivity index (χ0) is 15.5. The Morgan fingerprint density at radius 1 is 1.05 bits per heavy atom. The van der Waals surface area contributed by atoms with Crippen molar-refractivity contribution in [2.45, 2.75) is 53.5 Å². The van der Waals surface area contributed by atoms with Crippen LogP contribution in [0.15, 0.2) is 18.2 Å². The van der Waals surface area contributed by atoms with E-state index in [1.807, 2.05) is 13.0 Å². The van der Waals surface area contributed by atoms with Crippen molar-refractivity contribution in [2.24, 2.45) is 5.92 Å². The summed E-state index contributed by atoms with van der Waals surface area (Å²) in [4.78, 5) is 0. The molecule has 0 amide bonds. The van der Waals surface area contributed by atoms with Gasteiger partial charge in [-0.2, -0.15) is 0 Å². The molecule has 0 aliphatic rings. The van der Waals surface area contributed by atoms with Gasteiger partial charge in [-0.3, -0.25) is 0 Å². The van der Waals surface area contributed by atoms with Crippen LogP contribution < -0.4 is 14.8 Å². The Kier molecular flexibility index (Phi) is 8.91. The zero-order valence-electron chi connectivity index (χ0n) is 14.1. The SMILES string of the molecule is CCCNCc1ccc(OCC(C)CCC)c(OCC)c1. The molecule has 120 valence electrons. The molecule has 0 aliphatic heterocycles.